The first kappa shape index (κ1) is 10.6. The fraction of sp³-hybridized carbons (Fsp3) is 0.455. The van der Waals surface area contributed by atoms with Crippen LogP contribution in [0.5, 0.6) is 0 Å². The molecule has 0 N–H and O–H groups in total. The first-order valence-corrected chi connectivity index (χ1v) is 5.76. The summed E-state index contributed by atoms with van der Waals surface area (Å²) in [6.07, 6.45) is 0. The summed E-state index contributed by atoms with van der Waals surface area (Å²) in [6, 6.07) is 3.85. The van der Waals surface area contributed by atoms with Gasteiger partial charge in [-0.15, -0.1) is 0 Å². The molecular formula is C11H13BrN2O. The van der Waals surface area contributed by atoms with Gasteiger partial charge in [0.1, 0.15) is 10.4 Å². The first-order valence-electron chi connectivity index (χ1n) is 4.97. The molecular weight excluding hydrogens is 256 g/mol. The molecule has 80 valence electrons. The zero-order valence-electron chi connectivity index (χ0n) is 9.04. The quantitative estimate of drug-likeness (QED) is 0.734. The predicted molar refractivity (Wildman–Crippen MR) is 63.0 cm³/mol. The Bertz CT molecular complexity index is 429. The zero-order chi connectivity index (χ0) is 11.2. The number of hydrogen-bond donors (Lipinski definition) is 0. The third-order valence-electron chi connectivity index (χ3n) is 2.87. The van der Waals surface area contributed by atoms with Gasteiger partial charge in [-0.25, -0.2) is 4.98 Å². The van der Waals surface area contributed by atoms with E-state index in [0.29, 0.717) is 6.54 Å². The molecule has 0 saturated carbocycles. The largest absolute Gasteiger partial charge is 0.296 e. The van der Waals surface area contributed by atoms with E-state index in [0.717, 1.165) is 16.0 Å². The van der Waals surface area contributed by atoms with Crippen molar-refractivity contribution in [1.82, 2.24) is 4.98 Å². The van der Waals surface area contributed by atoms with Crippen molar-refractivity contribution in [2.24, 2.45) is 0 Å². The van der Waals surface area contributed by atoms with E-state index in [9.17, 15) is 4.79 Å². The van der Waals surface area contributed by atoms with E-state index in [4.69, 9.17) is 0 Å². The van der Waals surface area contributed by atoms with Crippen LogP contribution in [0.1, 0.15) is 26.3 Å². The molecule has 0 radical (unpaired) electrons. The van der Waals surface area contributed by atoms with Gasteiger partial charge < -0.3 is 0 Å². The maximum absolute atomic E-state index is 12.1. The molecule has 0 aliphatic carbocycles. The highest BCUT2D eigenvalue weighted by molar-refractivity contribution is 9.10. The molecule has 1 aromatic rings. The van der Waals surface area contributed by atoms with Crippen molar-refractivity contribution in [3.8, 4) is 0 Å². The Labute approximate surface area is 97.6 Å². The zero-order valence-corrected chi connectivity index (χ0v) is 10.6. The van der Waals surface area contributed by atoms with Crippen LogP contribution in [-0.2, 0) is 10.2 Å². The molecule has 0 bridgehead atoms. The number of carbonyl (C=O) groups excluding carboxylic acids is 1. The Morgan fingerprint density at radius 1 is 1.47 bits per heavy atom. The van der Waals surface area contributed by atoms with Gasteiger partial charge in [-0.3, -0.25) is 9.69 Å². The lowest BCUT2D eigenvalue weighted by molar-refractivity contribution is -0.122. The molecule has 15 heavy (non-hydrogen) atoms. The molecule has 0 fully saturated rings. The lowest BCUT2D eigenvalue weighted by Gasteiger charge is -2.17. The summed E-state index contributed by atoms with van der Waals surface area (Å²) < 4.78 is 0.769. The Kier molecular flexibility index (Phi) is 2.34. The third kappa shape index (κ3) is 1.39. The highest BCUT2D eigenvalue weighted by Crippen LogP contribution is 2.40. The Hall–Kier alpha value is -0.900. The molecule has 1 aromatic heterocycles. The fourth-order valence-corrected chi connectivity index (χ4v) is 2.26. The van der Waals surface area contributed by atoms with E-state index in [1.165, 1.54) is 0 Å². The minimum atomic E-state index is -0.445. The number of rotatable bonds is 1. The lowest BCUT2D eigenvalue weighted by atomic mass is 9.87. The van der Waals surface area contributed by atoms with Gasteiger partial charge in [-0.2, -0.15) is 0 Å². The Balaban J connectivity index is 2.65. The molecule has 2 rings (SSSR count). The van der Waals surface area contributed by atoms with E-state index in [1.54, 1.807) is 4.90 Å². The number of nitrogens with zero attached hydrogens (tertiary/aromatic N) is 2. The van der Waals surface area contributed by atoms with Gasteiger partial charge in [-0.1, -0.05) is 6.07 Å². The molecule has 0 atom stereocenters. The molecule has 3 nitrogen and oxygen atoms in total. The van der Waals surface area contributed by atoms with Crippen LogP contribution in [0.2, 0.25) is 0 Å². The van der Waals surface area contributed by atoms with Crippen LogP contribution in [-0.4, -0.2) is 17.4 Å². The molecule has 1 aliphatic rings. The van der Waals surface area contributed by atoms with E-state index < -0.39 is 5.41 Å². The maximum atomic E-state index is 12.1. The Morgan fingerprint density at radius 2 is 2.13 bits per heavy atom. The molecule has 0 unspecified atom stereocenters. The highest BCUT2D eigenvalue weighted by atomic mass is 79.9. The van der Waals surface area contributed by atoms with Crippen LogP contribution >= 0.6 is 15.9 Å². The van der Waals surface area contributed by atoms with Gasteiger partial charge in [0.25, 0.3) is 0 Å². The summed E-state index contributed by atoms with van der Waals surface area (Å²) >= 11 is 3.33. The van der Waals surface area contributed by atoms with Crippen LogP contribution in [0.25, 0.3) is 0 Å². The number of halogens is 1. The van der Waals surface area contributed by atoms with Crippen molar-refractivity contribution in [2.45, 2.75) is 26.2 Å². The predicted octanol–water partition coefficient (Wildman–Crippen LogP) is 2.49. The van der Waals surface area contributed by atoms with Crippen molar-refractivity contribution in [2.75, 3.05) is 11.4 Å². The monoisotopic (exact) mass is 268 g/mol. The number of likely N-dealkylation sites (N-methyl/N-ethyl adjacent to an activating group) is 1. The second-order valence-electron chi connectivity index (χ2n) is 4.18. The third-order valence-corrected chi connectivity index (χ3v) is 3.31. The van der Waals surface area contributed by atoms with Gasteiger partial charge >= 0.3 is 0 Å². The molecule has 4 heteroatoms. The summed E-state index contributed by atoms with van der Waals surface area (Å²) in [5, 5.41) is 0. The standard InChI is InChI=1S/C11H13BrN2O/c1-4-14-9-7(5-6-8(12)13-9)11(2,3)10(14)15/h5-6H,4H2,1-3H3. The van der Waals surface area contributed by atoms with E-state index in [2.05, 4.69) is 20.9 Å². The van der Waals surface area contributed by atoms with Crippen LogP contribution in [0, 0.1) is 0 Å². The maximum Gasteiger partial charge on any atom is 0.238 e. The van der Waals surface area contributed by atoms with Gasteiger partial charge in [0, 0.05) is 12.1 Å². The van der Waals surface area contributed by atoms with Gasteiger partial charge in [-0.05, 0) is 42.8 Å². The van der Waals surface area contributed by atoms with Crippen LogP contribution in [0.15, 0.2) is 16.7 Å². The second kappa shape index (κ2) is 3.30. The summed E-state index contributed by atoms with van der Waals surface area (Å²) in [5.41, 5.74) is 0.566. The van der Waals surface area contributed by atoms with Gasteiger partial charge in [0.2, 0.25) is 5.91 Å². The average molecular weight is 269 g/mol. The molecule has 0 spiro atoms. The van der Waals surface area contributed by atoms with E-state index in [-0.39, 0.29) is 5.91 Å². The molecule has 1 amide bonds. The van der Waals surface area contributed by atoms with Crippen molar-refractivity contribution in [3.63, 3.8) is 0 Å². The van der Waals surface area contributed by atoms with Crippen LogP contribution < -0.4 is 4.90 Å². The number of fused-ring (bicyclic) bond motifs is 1. The van der Waals surface area contributed by atoms with E-state index >= 15 is 0 Å². The number of amides is 1. The smallest absolute Gasteiger partial charge is 0.238 e. The topological polar surface area (TPSA) is 33.2 Å². The van der Waals surface area contributed by atoms with E-state index in [1.807, 2.05) is 32.9 Å². The average Bonchev–Trinajstić information content (AvgIpc) is 2.35. The van der Waals surface area contributed by atoms with Crippen molar-refractivity contribution < 1.29 is 4.79 Å². The number of anilines is 1. The number of pyridine rings is 1. The summed E-state index contributed by atoms with van der Waals surface area (Å²) in [4.78, 5) is 18.2. The van der Waals surface area contributed by atoms with Crippen LogP contribution in [0.4, 0.5) is 5.82 Å². The van der Waals surface area contributed by atoms with Crippen molar-refractivity contribution in [3.05, 3.63) is 22.3 Å². The molecule has 2 heterocycles. The minimum absolute atomic E-state index is 0.130. The summed E-state index contributed by atoms with van der Waals surface area (Å²) in [6.45, 7) is 6.52. The first-order chi connectivity index (χ1) is 6.98. The number of hydrogen-bond acceptors (Lipinski definition) is 2. The second-order valence-corrected chi connectivity index (χ2v) is 4.99. The van der Waals surface area contributed by atoms with Crippen molar-refractivity contribution >= 4 is 27.7 Å². The fourth-order valence-electron chi connectivity index (χ4n) is 1.96. The normalized spacial score (nSPS) is 18.1. The number of carbonyl (C=O) groups is 1. The summed E-state index contributed by atoms with van der Waals surface area (Å²) in [5.74, 6) is 0.924. The van der Waals surface area contributed by atoms with Gasteiger partial charge in [0.15, 0.2) is 0 Å². The van der Waals surface area contributed by atoms with Gasteiger partial charge in [0.05, 0.1) is 5.41 Å². The minimum Gasteiger partial charge on any atom is -0.296 e. The number of aromatic nitrogens is 1. The molecule has 1 aliphatic heterocycles. The van der Waals surface area contributed by atoms with Crippen LogP contribution in [0.3, 0.4) is 0 Å². The SMILES string of the molecule is CCN1C(=O)C(C)(C)c2ccc(Br)nc21. The molecule has 0 aromatic carbocycles. The Morgan fingerprint density at radius 3 is 2.73 bits per heavy atom. The lowest BCUT2D eigenvalue weighted by Crippen LogP contribution is -2.36. The van der Waals surface area contributed by atoms with Crippen molar-refractivity contribution in [1.29, 1.82) is 0 Å². The highest BCUT2D eigenvalue weighted by Gasteiger charge is 2.44. The summed E-state index contributed by atoms with van der Waals surface area (Å²) in [7, 11) is 0. The molecule has 0 saturated heterocycles.